The Morgan fingerprint density at radius 1 is 0.739 bits per heavy atom. The molecular weight excluding hydrogens is 280 g/mol. The van der Waals surface area contributed by atoms with Gasteiger partial charge in [-0.05, 0) is 44.6 Å². The summed E-state index contributed by atoms with van der Waals surface area (Å²) < 4.78 is 0. The maximum absolute atomic E-state index is 9.16. The van der Waals surface area contributed by atoms with Crippen LogP contribution in [0.15, 0.2) is 24.3 Å². The lowest BCUT2D eigenvalue weighted by molar-refractivity contribution is 0.280. The van der Waals surface area contributed by atoms with Crippen LogP contribution in [0.1, 0.15) is 96.8 Å². The molecule has 1 N–H and O–H groups in total. The summed E-state index contributed by atoms with van der Waals surface area (Å²) in [4.78, 5) is 0. The molecule has 1 heteroatoms. The fraction of sp³-hybridized carbons (Fsp3) is 0.727. The van der Waals surface area contributed by atoms with Crippen molar-refractivity contribution in [1.82, 2.24) is 0 Å². The van der Waals surface area contributed by atoms with Crippen molar-refractivity contribution in [2.24, 2.45) is 0 Å². The Labute approximate surface area is 145 Å². The van der Waals surface area contributed by atoms with Crippen LogP contribution in [0.25, 0.3) is 0 Å². The van der Waals surface area contributed by atoms with E-state index in [1.54, 1.807) is 6.08 Å². The highest BCUT2D eigenvalue weighted by Gasteiger charge is 1.92. The van der Waals surface area contributed by atoms with Crippen molar-refractivity contribution in [1.29, 1.82) is 0 Å². The van der Waals surface area contributed by atoms with Crippen molar-refractivity contribution in [3.05, 3.63) is 24.3 Å². The van der Waals surface area contributed by atoms with Gasteiger partial charge in [0.2, 0.25) is 0 Å². The van der Waals surface area contributed by atoms with Crippen LogP contribution in [0, 0.1) is 12.3 Å². The van der Waals surface area contributed by atoms with Crippen molar-refractivity contribution in [3.63, 3.8) is 0 Å². The number of rotatable bonds is 16. The molecule has 0 bridgehead atoms. The van der Waals surface area contributed by atoms with Crippen molar-refractivity contribution in [2.75, 3.05) is 0 Å². The summed E-state index contributed by atoms with van der Waals surface area (Å²) in [5, 5.41) is 9.16. The first-order valence-electron chi connectivity index (χ1n) is 9.77. The Balaban J connectivity index is 3.15. The molecule has 0 aliphatic carbocycles. The molecule has 0 aliphatic rings. The van der Waals surface area contributed by atoms with Gasteiger partial charge in [-0.2, -0.15) is 0 Å². The van der Waals surface area contributed by atoms with E-state index in [0.29, 0.717) is 0 Å². The standard InChI is InChI=1S/C22H38O/c1-3-5-6-7-8-9-10-11-12-13-14-15-16-17-18-19-20-21-22(23)4-2/h2,9-10,20-23H,3,5-8,11-19H2,1H3/b10-9-,21-20+/t22-/m0/s1. The zero-order valence-electron chi connectivity index (χ0n) is 15.3. The highest BCUT2D eigenvalue weighted by Crippen LogP contribution is 2.11. The van der Waals surface area contributed by atoms with Crippen LogP contribution in [0.2, 0.25) is 0 Å². The van der Waals surface area contributed by atoms with Crippen LogP contribution < -0.4 is 0 Å². The Morgan fingerprint density at radius 2 is 1.17 bits per heavy atom. The lowest BCUT2D eigenvalue weighted by Crippen LogP contribution is -1.95. The normalized spacial score (nSPS) is 12.9. The summed E-state index contributed by atoms with van der Waals surface area (Å²) >= 11 is 0. The van der Waals surface area contributed by atoms with Crippen LogP contribution in [0.4, 0.5) is 0 Å². The fourth-order valence-electron chi connectivity index (χ4n) is 2.61. The van der Waals surface area contributed by atoms with E-state index in [4.69, 9.17) is 11.5 Å². The van der Waals surface area contributed by atoms with Gasteiger partial charge in [-0.25, -0.2) is 0 Å². The molecule has 0 radical (unpaired) electrons. The largest absolute Gasteiger partial charge is 0.377 e. The molecule has 0 spiro atoms. The fourth-order valence-corrected chi connectivity index (χ4v) is 2.61. The van der Waals surface area contributed by atoms with Crippen LogP contribution in [-0.2, 0) is 0 Å². The highest BCUT2D eigenvalue weighted by molar-refractivity contribution is 5.05. The van der Waals surface area contributed by atoms with Crippen molar-refractivity contribution < 1.29 is 5.11 Å². The van der Waals surface area contributed by atoms with Crippen molar-refractivity contribution in [3.8, 4) is 12.3 Å². The van der Waals surface area contributed by atoms with Gasteiger partial charge in [0.25, 0.3) is 0 Å². The number of unbranched alkanes of at least 4 members (excludes halogenated alkanes) is 12. The molecule has 0 amide bonds. The molecule has 0 rings (SSSR count). The lowest BCUT2D eigenvalue weighted by atomic mass is 10.1. The predicted molar refractivity (Wildman–Crippen MR) is 103 cm³/mol. The molecule has 0 aliphatic heterocycles. The predicted octanol–water partition coefficient (Wildman–Crippen LogP) is 6.57. The first-order valence-corrected chi connectivity index (χ1v) is 9.77. The second kappa shape index (κ2) is 19.0. The number of terminal acetylenes is 1. The van der Waals surface area contributed by atoms with E-state index in [1.807, 2.05) is 6.08 Å². The van der Waals surface area contributed by atoms with Gasteiger partial charge in [0.15, 0.2) is 0 Å². The zero-order chi connectivity index (χ0) is 17.0. The van der Waals surface area contributed by atoms with Gasteiger partial charge >= 0.3 is 0 Å². The Morgan fingerprint density at radius 3 is 1.65 bits per heavy atom. The van der Waals surface area contributed by atoms with Gasteiger partial charge in [0.1, 0.15) is 6.10 Å². The molecule has 0 heterocycles. The SMILES string of the molecule is C#C[C@H](O)/C=C/CCCCCCCCC/C=C\CCCCCC. The number of aliphatic hydroxyl groups is 1. The minimum absolute atomic E-state index is 0.708. The monoisotopic (exact) mass is 318 g/mol. The summed E-state index contributed by atoms with van der Waals surface area (Å²) in [6, 6.07) is 0. The lowest BCUT2D eigenvalue weighted by Gasteiger charge is -2.00. The van der Waals surface area contributed by atoms with Gasteiger partial charge in [0, 0.05) is 0 Å². The molecule has 0 fully saturated rings. The molecule has 1 atom stereocenters. The van der Waals surface area contributed by atoms with Crippen molar-refractivity contribution in [2.45, 2.75) is 103 Å². The quantitative estimate of drug-likeness (QED) is 0.194. The Hall–Kier alpha value is -1.00. The van der Waals surface area contributed by atoms with Crippen LogP contribution in [0.3, 0.4) is 0 Å². The van der Waals surface area contributed by atoms with Crippen LogP contribution in [0.5, 0.6) is 0 Å². The van der Waals surface area contributed by atoms with Gasteiger partial charge < -0.3 is 5.11 Å². The third-order valence-corrected chi connectivity index (χ3v) is 4.12. The average molecular weight is 319 g/mol. The number of allylic oxidation sites excluding steroid dienone is 3. The van der Waals surface area contributed by atoms with Crippen LogP contribution >= 0.6 is 0 Å². The van der Waals surface area contributed by atoms with E-state index in [2.05, 4.69) is 25.0 Å². The van der Waals surface area contributed by atoms with E-state index in [9.17, 15) is 0 Å². The molecule has 0 saturated carbocycles. The third kappa shape index (κ3) is 19.0. The van der Waals surface area contributed by atoms with Crippen molar-refractivity contribution >= 4 is 0 Å². The molecule has 0 aromatic carbocycles. The maximum Gasteiger partial charge on any atom is 0.133 e. The first-order chi connectivity index (χ1) is 11.3. The summed E-state index contributed by atoms with van der Waals surface area (Å²) in [7, 11) is 0. The molecule has 0 aromatic heterocycles. The molecule has 23 heavy (non-hydrogen) atoms. The molecule has 0 saturated heterocycles. The minimum Gasteiger partial charge on any atom is -0.377 e. The number of aliphatic hydroxyl groups excluding tert-OH is 1. The Bertz CT molecular complexity index is 321. The molecule has 0 unspecified atom stereocenters. The average Bonchev–Trinajstić information content (AvgIpc) is 2.57. The molecular formula is C22H38O. The summed E-state index contributed by atoms with van der Waals surface area (Å²) in [6.45, 7) is 2.26. The summed E-state index contributed by atoms with van der Waals surface area (Å²) in [5.74, 6) is 2.28. The van der Waals surface area contributed by atoms with Gasteiger partial charge in [-0.15, -0.1) is 6.42 Å². The first kappa shape index (κ1) is 22.0. The van der Waals surface area contributed by atoms with Crippen LogP contribution in [-0.4, -0.2) is 11.2 Å². The topological polar surface area (TPSA) is 20.2 Å². The Kier molecular flexibility index (Phi) is 18.2. The number of hydrogen-bond acceptors (Lipinski definition) is 1. The van der Waals surface area contributed by atoms with E-state index < -0.39 is 6.10 Å². The van der Waals surface area contributed by atoms with E-state index in [1.165, 1.54) is 83.5 Å². The van der Waals surface area contributed by atoms with E-state index in [0.717, 1.165) is 6.42 Å². The maximum atomic E-state index is 9.16. The summed E-state index contributed by atoms with van der Waals surface area (Å²) in [5.41, 5.74) is 0. The second-order valence-electron chi connectivity index (χ2n) is 6.41. The molecule has 0 aromatic rings. The minimum atomic E-state index is -0.708. The third-order valence-electron chi connectivity index (χ3n) is 4.12. The number of hydrogen-bond donors (Lipinski definition) is 1. The van der Waals surface area contributed by atoms with E-state index >= 15 is 0 Å². The smallest absolute Gasteiger partial charge is 0.133 e. The molecule has 132 valence electrons. The highest BCUT2D eigenvalue weighted by atomic mass is 16.3. The van der Waals surface area contributed by atoms with Gasteiger partial charge in [0.05, 0.1) is 0 Å². The van der Waals surface area contributed by atoms with Gasteiger partial charge in [-0.1, -0.05) is 82.4 Å². The summed E-state index contributed by atoms with van der Waals surface area (Å²) in [6.07, 6.45) is 31.1. The zero-order valence-corrected chi connectivity index (χ0v) is 15.3. The molecule has 1 nitrogen and oxygen atoms in total. The van der Waals surface area contributed by atoms with Gasteiger partial charge in [-0.3, -0.25) is 0 Å². The second-order valence-corrected chi connectivity index (χ2v) is 6.41. The van der Waals surface area contributed by atoms with E-state index in [-0.39, 0.29) is 0 Å².